The van der Waals surface area contributed by atoms with Gasteiger partial charge >= 0.3 is 0 Å². The van der Waals surface area contributed by atoms with Gasteiger partial charge in [-0.2, -0.15) is 0 Å². The van der Waals surface area contributed by atoms with Gasteiger partial charge in [0.2, 0.25) is 5.91 Å². The number of nitrogens with zero attached hydrogens (tertiary/aromatic N) is 2. The highest BCUT2D eigenvalue weighted by molar-refractivity contribution is 9.10. The second kappa shape index (κ2) is 9.59. The van der Waals surface area contributed by atoms with Gasteiger partial charge in [-0.25, -0.2) is 4.98 Å². The second-order valence-corrected chi connectivity index (χ2v) is 9.20. The van der Waals surface area contributed by atoms with E-state index < -0.39 is 0 Å². The van der Waals surface area contributed by atoms with Crippen molar-refractivity contribution in [1.82, 2.24) is 14.9 Å². The van der Waals surface area contributed by atoms with Crippen LogP contribution in [0.2, 0.25) is 0 Å². The summed E-state index contributed by atoms with van der Waals surface area (Å²) in [4.78, 5) is 30.2. The van der Waals surface area contributed by atoms with Crippen LogP contribution < -0.4 is 10.9 Å². The average molecular weight is 474 g/mol. The minimum atomic E-state index is -0.372. The summed E-state index contributed by atoms with van der Waals surface area (Å²) in [5.41, 5.74) is 2.80. The second-order valence-electron chi connectivity index (χ2n) is 6.98. The van der Waals surface area contributed by atoms with Crippen LogP contribution in [0.4, 0.5) is 0 Å². The number of thioether (sulfide) groups is 1. The molecule has 0 saturated carbocycles. The number of halogens is 1. The van der Waals surface area contributed by atoms with E-state index in [9.17, 15) is 9.59 Å². The van der Waals surface area contributed by atoms with Crippen molar-refractivity contribution in [1.29, 1.82) is 0 Å². The number of nitrogens with one attached hydrogen (secondary N) is 1. The molecule has 29 heavy (non-hydrogen) atoms. The van der Waals surface area contributed by atoms with E-state index in [1.807, 2.05) is 57.2 Å². The van der Waals surface area contributed by atoms with Crippen LogP contribution in [0.25, 0.3) is 10.9 Å². The fourth-order valence-electron chi connectivity index (χ4n) is 2.93. The molecule has 0 aliphatic rings. The van der Waals surface area contributed by atoms with Crippen LogP contribution in [0.5, 0.6) is 0 Å². The van der Waals surface area contributed by atoms with Crippen molar-refractivity contribution in [2.45, 2.75) is 50.7 Å². The van der Waals surface area contributed by atoms with E-state index in [0.29, 0.717) is 29.1 Å². The number of hydrogen-bond acceptors (Lipinski definition) is 4. The Morgan fingerprint density at radius 1 is 1.24 bits per heavy atom. The zero-order valence-corrected chi connectivity index (χ0v) is 19.1. The highest BCUT2D eigenvalue weighted by Crippen LogP contribution is 2.24. The molecule has 7 heteroatoms. The van der Waals surface area contributed by atoms with Crippen molar-refractivity contribution in [3.05, 3.63) is 68.4 Å². The lowest BCUT2D eigenvalue weighted by molar-refractivity contribution is -0.120. The van der Waals surface area contributed by atoms with E-state index in [1.165, 1.54) is 17.3 Å². The molecule has 1 unspecified atom stereocenters. The molecule has 1 heterocycles. The lowest BCUT2D eigenvalue weighted by Crippen LogP contribution is -2.31. The van der Waals surface area contributed by atoms with Gasteiger partial charge in [0.15, 0.2) is 5.16 Å². The molecule has 3 rings (SSSR count). The predicted octanol–water partition coefficient (Wildman–Crippen LogP) is 4.67. The van der Waals surface area contributed by atoms with E-state index in [2.05, 4.69) is 26.2 Å². The summed E-state index contributed by atoms with van der Waals surface area (Å²) in [7, 11) is 0. The molecule has 0 aliphatic heterocycles. The van der Waals surface area contributed by atoms with E-state index in [4.69, 9.17) is 0 Å². The SMILES string of the molecule is CCCn1c(SC(C)C(=O)NCc2ccc(C)cc2)nc2ccc(Br)cc2c1=O. The Morgan fingerprint density at radius 3 is 2.66 bits per heavy atom. The molecule has 3 aromatic rings. The Labute approximate surface area is 183 Å². The summed E-state index contributed by atoms with van der Waals surface area (Å²) in [6.45, 7) is 6.93. The molecular weight excluding hydrogens is 450 g/mol. The Hall–Kier alpha value is -2.12. The first-order valence-electron chi connectivity index (χ1n) is 9.59. The summed E-state index contributed by atoms with van der Waals surface area (Å²) in [6.07, 6.45) is 0.808. The van der Waals surface area contributed by atoms with Crippen LogP contribution in [-0.2, 0) is 17.9 Å². The van der Waals surface area contributed by atoms with Crippen molar-refractivity contribution in [2.75, 3.05) is 0 Å². The number of rotatable bonds is 7. The summed E-state index contributed by atoms with van der Waals surface area (Å²) >= 11 is 4.73. The van der Waals surface area contributed by atoms with Gasteiger partial charge in [0.25, 0.3) is 5.56 Å². The molecule has 5 nitrogen and oxygen atoms in total. The van der Waals surface area contributed by atoms with Crippen molar-refractivity contribution >= 4 is 44.5 Å². The molecule has 1 atom stereocenters. The quantitative estimate of drug-likeness (QED) is 0.399. The first kappa shape index (κ1) is 21.6. The van der Waals surface area contributed by atoms with Crippen LogP contribution in [0.15, 0.2) is 56.9 Å². The van der Waals surface area contributed by atoms with Gasteiger partial charge in [-0.3, -0.25) is 14.2 Å². The Bertz CT molecular complexity index is 1080. The lowest BCUT2D eigenvalue weighted by atomic mass is 10.1. The molecule has 0 aliphatic carbocycles. The van der Waals surface area contributed by atoms with E-state index in [-0.39, 0.29) is 16.7 Å². The molecule has 1 amide bonds. The average Bonchev–Trinajstić information content (AvgIpc) is 2.70. The Morgan fingerprint density at radius 2 is 1.97 bits per heavy atom. The monoisotopic (exact) mass is 473 g/mol. The van der Waals surface area contributed by atoms with Gasteiger partial charge in [-0.05, 0) is 44.0 Å². The third-order valence-electron chi connectivity index (χ3n) is 4.57. The molecule has 0 fully saturated rings. The van der Waals surface area contributed by atoms with Crippen molar-refractivity contribution in [2.24, 2.45) is 0 Å². The molecule has 0 spiro atoms. The zero-order chi connectivity index (χ0) is 21.0. The fraction of sp³-hybridized carbons (Fsp3) is 0.318. The normalized spacial score (nSPS) is 12.1. The first-order chi connectivity index (χ1) is 13.9. The number of carbonyl (C=O) groups is 1. The third-order valence-corrected chi connectivity index (χ3v) is 6.15. The minimum absolute atomic E-state index is 0.0760. The van der Waals surface area contributed by atoms with E-state index in [0.717, 1.165) is 16.5 Å². The number of fused-ring (bicyclic) bond motifs is 1. The summed E-state index contributed by atoms with van der Waals surface area (Å²) in [5, 5.41) is 3.75. The molecular formula is C22H24BrN3O2S. The topological polar surface area (TPSA) is 64.0 Å². The number of aromatic nitrogens is 2. The maximum absolute atomic E-state index is 13.0. The molecule has 1 aromatic heterocycles. The van der Waals surface area contributed by atoms with Crippen LogP contribution >= 0.6 is 27.7 Å². The number of carbonyl (C=O) groups excluding carboxylic acids is 1. The number of hydrogen-bond donors (Lipinski definition) is 1. The Balaban J connectivity index is 1.79. The smallest absolute Gasteiger partial charge is 0.262 e. The number of amides is 1. The van der Waals surface area contributed by atoms with Gasteiger partial charge in [0.05, 0.1) is 16.2 Å². The van der Waals surface area contributed by atoms with Crippen LogP contribution in [0.3, 0.4) is 0 Å². The molecule has 0 bridgehead atoms. The molecule has 152 valence electrons. The zero-order valence-electron chi connectivity index (χ0n) is 16.7. The highest BCUT2D eigenvalue weighted by atomic mass is 79.9. The minimum Gasteiger partial charge on any atom is -0.351 e. The molecule has 0 radical (unpaired) electrons. The standard InChI is InChI=1S/C22H24BrN3O2S/c1-4-11-26-21(28)18-12-17(23)9-10-19(18)25-22(26)29-15(3)20(27)24-13-16-7-5-14(2)6-8-16/h5-10,12,15H,4,11,13H2,1-3H3,(H,24,27). The maximum Gasteiger partial charge on any atom is 0.262 e. The molecule has 0 saturated heterocycles. The molecule has 2 aromatic carbocycles. The predicted molar refractivity (Wildman–Crippen MR) is 122 cm³/mol. The fourth-order valence-corrected chi connectivity index (χ4v) is 4.25. The molecule has 1 N–H and O–H groups in total. The van der Waals surface area contributed by atoms with Gasteiger partial charge in [0.1, 0.15) is 0 Å². The van der Waals surface area contributed by atoms with E-state index >= 15 is 0 Å². The van der Waals surface area contributed by atoms with Gasteiger partial charge in [0, 0.05) is 17.6 Å². The maximum atomic E-state index is 13.0. The lowest BCUT2D eigenvalue weighted by Gasteiger charge is -2.16. The highest BCUT2D eigenvalue weighted by Gasteiger charge is 2.19. The summed E-state index contributed by atoms with van der Waals surface area (Å²) in [6, 6.07) is 13.6. The Kier molecular flexibility index (Phi) is 7.14. The summed E-state index contributed by atoms with van der Waals surface area (Å²) < 4.78 is 2.51. The first-order valence-corrected chi connectivity index (χ1v) is 11.3. The summed E-state index contributed by atoms with van der Waals surface area (Å²) in [5.74, 6) is -0.0798. The van der Waals surface area contributed by atoms with E-state index in [1.54, 1.807) is 10.6 Å². The van der Waals surface area contributed by atoms with Crippen LogP contribution in [0.1, 0.15) is 31.4 Å². The third kappa shape index (κ3) is 5.28. The van der Waals surface area contributed by atoms with Gasteiger partial charge < -0.3 is 5.32 Å². The van der Waals surface area contributed by atoms with Gasteiger partial charge in [-0.1, -0.05) is 64.4 Å². The van der Waals surface area contributed by atoms with Crippen LogP contribution in [-0.4, -0.2) is 20.7 Å². The van der Waals surface area contributed by atoms with Gasteiger partial charge in [-0.15, -0.1) is 0 Å². The van der Waals surface area contributed by atoms with Crippen molar-refractivity contribution < 1.29 is 4.79 Å². The number of aryl methyl sites for hydroxylation is 1. The number of benzene rings is 2. The largest absolute Gasteiger partial charge is 0.351 e. The van der Waals surface area contributed by atoms with Crippen molar-refractivity contribution in [3.63, 3.8) is 0 Å². The van der Waals surface area contributed by atoms with Crippen molar-refractivity contribution in [3.8, 4) is 0 Å². The van der Waals surface area contributed by atoms with Crippen LogP contribution in [0, 0.1) is 6.92 Å².